The highest BCUT2D eigenvalue weighted by Gasteiger charge is 2.10. The van der Waals surface area contributed by atoms with Crippen molar-refractivity contribution >= 4 is 0 Å². The van der Waals surface area contributed by atoms with Gasteiger partial charge in [-0.25, -0.2) is 0 Å². The molecule has 0 bridgehead atoms. The zero-order valence-electron chi connectivity index (χ0n) is 9.14. The van der Waals surface area contributed by atoms with Crippen LogP contribution in [-0.2, 0) is 0 Å². The maximum absolute atomic E-state index is 5.86. The molecule has 0 aromatic carbocycles. The van der Waals surface area contributed by atoms with Crippen LogP contribution in [0.15, 0.2) is 0 Å². The number of hydrogen-bond acceptors (Lipinski definition) is 1. The number of hydrogen-bond donors (Lipinski definition) is 1. The van der Waals surface area contributed by atoms with Crippen molar-refractivity contribution in [2.75, 3.05) is 0 Å². The third-order valence-electron chi connectivity index (χ3n) is 2.62. The Balaban J connectivity index is 3.45. The van der Waals surface area contributed by atoms with E-state index in [2.05, 4.69) is 27.7 Å². The first kappa shape index (κ1) is 12.0. The molecule has 0 aliphatic carbocycles. The molecule has 0 aromatic rings. The van der Waals surface area contributed by atoms with Gasteiger partial charge in [-0.3, -0.25) is 0 Å². The van der Waals surface area contributed by atoms with Crippen molar-refractivity contribution in [2.45, 2.75) is 59.4 Å². The van der Waals surface area contributed by atoms with Crippen LogP contribution in [0.3, 0.4) is 0 Å². The van der Waals surface area contributed by atoms with E-state index in [1.165, 1.54) is 25.7 Å². The maximum atomic E-state index is 5.86. The van der Waals surface area contributed by atoms with Crippen LogP contribution in [-0.4, -0.2) is 6.04 Å². The van der Waals surface area contributed by atoms with E-state index >= 15 is 0 Å². The molecule has 0 saturated carbocycles. The first-order chi connectivity index (χ1) is 5.57. The van der Waals surface area contributed by atoms with Gasteiger partial charge in [-0.2, -0.15) is 0 Å². The summed E-state index contributed by atoms with van der Waals surface area (Å²) >= 11 is 0. The van der Waals surface area contributed by atoms with Crippen molar-refractivity contribution in [2.24, 2.45) is 17.6 Å². The van der Waals surface area contributed by atoms with Crippen molar-refractivity contribution in [3.8, 4) is 0 Å². The largest absolute Gasteiger partial charge is 0.328 e. The molecule has 0 radical (unpaired) electrons. The molecule has 0 fully saturated rings. The molecule has 0 rings (SSSR count). The monoisotopic (exact) mass is 171 g/mol. The fraction of sp³-hybridized carbons (Fsp3) is 1.00. The smallest absolute Gasteiger partial charge is 0.00386 e. The van der Waals surface area contributed by atoms with Crippen molar-refractivity contribution in [1.29, 1.82) is 0 Å². The average molecular weight is 171 g/mol. The van der Waals surface area contributed by atoms with Crippen LogP contribution < -0.4 is 5.73 Å². The normalized spacial score (nSPS) is 16.5. The molecule has 1 heteroatoms. The second kappa shape index (κ2) is 6.47. The van der Waals surface area contributed by atoms with Gasteiger partial charge in [-0.15, -0.1) is 0 Å². The van der Waals surface area contributed by atoms with Crippen LogP contribution in [0.5, 0.6) is 0 Å². The fourth-order valence-electron chi connectivity index (χ4n) is 1.63. The highest BCUT2D eigenvalue weighted by molar-refractivity contribution is 4.67. The van der Waals surface area contributed by atoms with E-state index in [1.54, 1.807) is 0 Å². The second-order valence-corrected chi connectivity index (χ2v) is 4.35. The Morgan fingerprint density at radius 3 is 2.00 bits per heavy atom. The molecule has 1 nitrogen and oxygen atoms in total. The van der Waals surface area contributed by atoms with Crippen LogP contribution in [0.4, 0.5) is 0 Å². The highest BCUT2D eigenvalue weighted by atomic mass is 14.6. The van der Waals surface area contributed by atoms with E-state index in [1.807, 2.05) is 0 Å². The fourth-order valence-corrected chi connectivity index (χ4v) is 1.63. The van der Waals surface area contributed by atoms with Crippen LogP contribution >= 0.6 is 0 Å². The summed E-state index contributed by atoms with van der Waals surface area (Å²) in [4.78, 5) is 0. The minimum atomic E-state index is 0.377. The molecule has 0 aliphatic rings. The van der Waals surface area contributed by atoms with Crippen molar-refractivity contribution in [1.82, 2.24) is 0 Å². The van der Waals surface area contributed by atoms with Gasteiger partial charge in [-0.05, 0) is 25.2 Å². The Labute approximate surface area is 77.7 Å². The molecule has 0 aliphatic heterocycles. The highest BCUT2D eigenvalue weighted by Crippen LogP contribution is 2.17. The van der Waals surface area contributed by atoms with Gasteiger partial charge < -0.3 is 5.73 Å². The van der Waals surface area contributed by atoms with Gasteiger partial charge in [0.25, 0.3) is 0 Å². The molecule has 2 unspecified atom stereocenters. The average Bonchev–Trinajstić information content (AvgIpc) is 1.96. The molecule has 2 N–H and O–H groups in total. The van der Waals surface area contributed by atoms with E-state index in [-0.39, 0.29) is 0 Å². The molecule has 0 heterocycles. The standard InChI is InChI=1S/C11H25N/c1-5-11(10(4)12)8-6-7-9(2)3/h9-11H,5-8,12H2,1-4H3. The zero-order valence-corrected chi connectivity index (χ0v) is 9.14. The van der Waals surface area contributed by atoms with Gasteiger partial charge in [0.05, 0.1) is 0 Å². The lowest BCUT2D eigenvalue weighted by molar-refractivity contribution is 0.372. The van der Waals surface area contributed by atoms with E-state index < -0.39 is 0 Å². The molecule has 2 atom stereocenters. The molecular weight excluding hydrogens is 146 g/mol. The van der Waals surface area contributed by atoms with E-state index in [4.69, 9.17) is 5.73 Å². The Kier molecular flexibility index (Phi) is 6.45. The van der Waals surface area contributed by atoms with Crippen LogP contribution in [0.1, 0.15) is 53.4 Å². The van der Waals surface area contributed by atoms with E-state index in [9.17, 15) is 0 Å². The van der Waals surface area contributed by atoms with Gasteiger partial charge in [0.15, 0.2) is 0 Å². The summed E-state index contributed by atoms with van der Waals surface area (Å²) in [6.45, 7) is 8.94. The summed E-state index contributed by atoms with van der Waals surface area (Å²) in [7, 11) is 0. The number of nitrogens with two attached hydrogens (primary N) is 1. The Hall–Kier alpha value is -0.0400. The summed E-state index contributed by atoms with van der Waals surface area (Å²) in [5.41, 5.74) is 5.86. The third-order valence-corrected chi connectivity index (χ3v) is 2.62. The van der Waals surface area contributed by atoms with Crippen molar-refractivity contribution in [3.63, 3.8) is 0 Å². The molecule has 74 valence electrons. The zero-order chi connectivity index (χ0) is 9.56. The molecule has 0 spiro atoms. The minimum Gasteiger partial charge on any atom is -0.328 e. The number of rotatable bonds is 6. The summed E-state index contributed by atoms with van der Waals surface area (Å²) in [6, 6.07) is 0.377. The molecule has 0 aromatic heterocycles. The topological polar surface area (TPSA) is 26.0 Å². The van der Waals surface area contributed by atoms with Crippen LogP contribution in [0.25, 0.3) is 0 Å². The van der Waals surface area contributed by atoms with E-state index in [0.29, 0.717) is 6.04 Å². The van der Waals surface area contributed by atoms with Gasteiger partial charge in [-0.1, -0.05) is 40.0 Å². The summed E-state index contributed by atoms with van der Waals surface area (Å²) in [6.07, 6.45) is 5.24. The quantitative estimate of drug-likeness (QED) is 0.652. The Bertz CT molecular complexity index is 97.2. The Morgan fingerprint density at radius 2 is 1.67 bits per heavy atom. The lowest BCUT2D eigenvalue weighted by Crippen LogP contribution is -2.25. The van der Waals surface area contributed by atoms with Crippen LogP contribution in [0.2, 0.25) is 0 Å². The summed E-state index contributed by atoms with van der Waals surface area (Å²) in [5.74, 6) is 1.58. The van der Waals surface area contributed by atoms with Gasteiger partial charge >= 0.3 is 0 Å². The second-order valence-electron chi connectivity index (χ2n) is 4.35. The molecular formula is C11H25N. The van der Waals surface area contributed by atoms with Crippen LogP contribution in [0, 0.1) is 11.8 Å². The summed E-state index contributed by atoms with van der Waals surface area (Å²) in [5, 5.41) is 0. The van der Waals surface area contributed by atoms with Gasteiger partial charge in [0.1, 0.15) is 0 Å². The predicted molar refractivity (Wildman–Crippen MR) is 56.1 cm³/mol. The van der Waals surface area contributed by atoms with E-state index in [0.717, 1.165) is 11.8 Å². The SMILES string of the molecule is CCC(CCCC(C)C)C(C)N. The Morgan fingerprint density at radius 1 is 1.08 bits per heavy atom. The first-order valence-electron chi connectivity index (χ1n) is 5.33. The third kappa shape index (κ3) is 5.59. The molecule has 0 saturated heterocycles. The van der Waals surface area contributed by atoms with Gasteiger partial charge in [0.2, 0.25) is 0 Å². The first-order valence-corrected chi connectivity index (χ1v) is 5.33. The maximum Gasteiger partial charge on any atom is 0.00386 e. The van der Waals surface area contributed by atoms with Gasteiger partial charge in [0, 0.05) is 6.04 Å². The summed E-state index contributed by atoms with van der Waals surface area (Å²) < 4.78 is 0. The minimum absolute atomic E-state index is 0.377. The lowest BCUT2D eigenvalue weighted by atomic mass is 9.91. The lowest BCUT2D eigenvalue weighted by Gasteiger charge is -2.18. The molecule has 0 amide bonds. The molecule has 12 heavy (non-hydrogen) atoms. The van der Waals surface area contributed by atoms with Crippen molar-refractivity contribution < 1.29 is 0 Å². The predicted octanol–water partition coefficient (Wildman–Crippen LogP) is 3.19. The van der Waals surface area contributed by atoms with Crippen molar-refractivity contribution in [3.05, 3.63) is 0 Å².